The molecule has 1 aliphatic heterocycles. The monoisotopic (exact) mass is 265 g/mol. The first-order chi connectivity index (χ1) is 9.05. The SMILES string of the molecule is CCC1CCCC(C(=O)C(C)(C)N2CCCCC2)C1. The van der Waals surface area contributed by atoms with Crippen LogP contribution < -0.4 is 0 Å². The van der Waals surface area contributed by atoms with Crippen LogP contribution in [-0.4, -0.2) is 29.3 Å². The van der Waals surface area contributed by atoms with Crippen LogP contribution in [0.3, 0.4) is 0 Å². The predicted octanol–water partition coefficient (Wildman–Crippen LogP) is 4.04. The Hall–Kier alpha value is -0.370. The van der Waals surface area contributed by atoms with Gasteiger partial charge in [-0.25, -0.2) is 0 Å². The van der Waals surface area contributed by atoms with E-state index in [1.807, 2.05) is 0 Å². The third-order valence-corrected chi connectivity index (χ3v) is 5.48. The minimum atomic E-state index is -0.235. The van der Waals surface area contributed by atoms with Crippen LogP contribution in [0, 0.1) is 11.8 Å². The molecular formula is C17H31NO. The summed E-state index contributed by atoms with van der Waals surface area (Å²) in [5.41, 5.74) is -0.235. The number of Topliss-reactive ketones (excluding diaryl/α,β-unsaturated/α-hetero) is 1. The molecule has 0 aromatic rings. The van der Waals surface area contributed by atoms with Gasteiger partial charge in [-0.2, -0.15) is 0 Å². The van der Waals surface area contributed by atoms with Gasteiger partial charge in [-0.1, -0.05) is 32.6 Å². The van der Waals surface area contributed by atoms with Gasteiger partial charge in [0.15, 0.2) is 5.78 Å². The summed E-state index contributed by atoms with van der Waals surface area (Å²) in [6.07, 6.45) is 9.97. The van der Waals surface area contributed by atoms with Gasteiger partial charge in [0.25, 0.3) is 0 Å². The summed E-state index contributed by atoms with van der Waals surface area (Å²) in [5, 5.41) is 0. The fourth-order valence-electron chi connectivity index (χ4n) is 4.01. The molecule has 110 valence electrons. The summed E-state index contributed by atoms with van der Waals surface area (Å²) in [5.74, 6) is 1.64. The Morgan fingerprint density at radius 2 is 1.79 bits per heavy atom. The number of nitrogens with zero attached hydrogens (tertiary/aromatic N) is 1. The first-order valence-corrected chi connectivity index (χ1v) is 8.35. The Morgan fingerprint density at radius 3 is 2.42 bits per heavy atom. The second-order valence-corrected chi connectivity index (χ2v) is 7.11. The van der Waals surface area contributed by atoms with Gasteiger partial charge < -0.3 is 0 Å². The molecule has 0 aromatic heterocycles. The third kappa shape index (κ3) is 3.39. The van der Waals surface area contributed by atoms with Crippen LogP contribution in [0.25, 0.3) is 0 Å². The van der Waals surface area contributed by atoms with Crippen molar-refractivity contribution in [2.24, 2.45) is 11.8 Å². The maximum Gasteiger partial charge on any atom is 0.155 e. The van der Waals surface area contributed by atoms with E-state index in [0.717, 1.165) is 31.8 Å². The minimum Gasteiger partial charge on any atom is -0.297 e. The maximum absolute atomic E-state index is 12.9. The lowest BCUT2D eigenvalue weighted by molar-refractivity contribution is -0.135. The van der Waals surface area contributed by atoms with Crippen molar-refractivity contribution < 1.29 is 4.79 Å². The van der Waals surface area contributed by atoms with Crippen molar-refractivity contribution >= 4 is 5.78 Å². The molecule has 0 aromatic carbocycles. The molecule has 2 atom stereocenters. The highest BCUT2D eigenvalue weighted by Gasteiger charge is 2.40. The highest BCUT2D eigenvalue weighted by atomic mass is 16.1. The van der Waals surface area contributed by atoms with E-state index < -0.39 is 0 Å². The fourth-order valence-corrected chi connectivity index (χ4v) is 4.01. The van der Waals surface area contributed by atoms with E-state index in [2.05, 4.69) is 25.7 Å². The highest BCUT2D eigenvalue weighted by Crippen LogP contribution is 2.35. The van der Waals surface area contributed by atoms with E-state index in [9.17, 15) is 4.79 Å². The van der Waals surface area contributed by atoms with Gasteiger partial charge in [-0.15, -0.1) is 0 Å². The molecule has 1 heterocycles. The molecule has 2 nitrogen and oxygen atoms in total. The average molecular weight is 265 g/mol. The van der Waals surface area contributed by atoms with Gasteiger partial charge in [0, 0.05) is 5.92 Å². The van der Waals surface area contributed by atoms with E-state index in [1.54, 1.807) is 0 Å². The standard InChI is InChI=1S/C17H31NO/c1-4-14-9-8-10-15(13-14)16(19)17(2,3)18-11-6-5-7-12-18/h14-15H,4-13H2,1-3H3. The molecule has 1 saturated heterocycles. The summed E-state index contributed by atoms with van der Waals surface area (Å²) >= 11 is 0. The Bertz CT molecular complexity index is 304. The third-order valence-electron chi connectivity index (χ3n) is 5.48. The fraction of sp³-hybridized carbons (Fsp3) is 0.941. The smallest absolute Gasteiger partial charge is 0.155 e. The highest BCUT2D eigenvalue weighted by molar-refractivity contribution is 5.89. The topological polar surface area (TPSA) is 20.3 Å². The van der Waals surface area contributed by atoms with Crippen LogP contribution in [0.1, 0.15) is 72.1 Å². The molecule has 2 aliphatic rings. The molecule has 1 aliphatic carbocycles. The summed E-state index contributed by atoms with van der Waals surface area (Å²) in [6, 6.07) is 0. The molecule has 19 heavy (non-hydrogen) atoms. The van der Waals surface area contributed by atoms with Gasteiger partial charge >= 0.3 is 0 Å². The first-order valence-electron chi connectivity index (χ1n) is 8.35. The number of likely N-dealkylation sites (tertiary alicyclic amines) is 1. The van der Waals surface area contributed by atoms with E-state index >= 15 is 0 Å². The molecule has 0 bridgehead atoms. The summed E-state index contributed by atoms with van der Waals surface area (Å²) in [6.45, 7) is 8.82. The largest absolute Gasteiger partial charge is 0.297 e. The molecule has 0 spiro atoms. The summed E-state index contributed by atoms with van der Waals surface area (Å²) < 4.78 is 0. The molecule has 0 radical (unpaired) electrons. The molecule has 0 N–H and O–H groups in total. The van der Waals surface area contributed by atoms with Gasteiger partial charge in [-0.05, 0) is 58.5 Å². The van der Waals surface area contributed by atoms with E-state index in [-0.39, 0.29) is 5.54 Å². The van der Waals surface area contributed by atoms with Crippen LogP contribution in [-0.2, 0) is 4.79 Å². The number of carbonyl (C=O) groups excluding carboxylic acids is 1. The number of ketones is 1. The van der Waals surface area contributed by atoms with Crippen molar-refractivity contribution in [3.63, 3.8) is 0 Å². The van der Waals surface area contributed by atoms with Crippen molar-refractivity contribution in [3.8, 4) is 0 Å². The zero-order valence-corrected chi connectivity index (χ0v) is 13.1. The zero-order chi connectivity index (χ0) is 13.9. The van der Waals surface area contributed by atoms with E-state index in [0.29, 0.717) is 11.7 Å². The van der Waals surface area contributed by atoms with Gasteiger partial charge in [0.1, 0.15) is 0 Å². The Morgan fingerprint density at radius 1 is 1.11 bits per heavy atom. The predicted molar refractivity (Wildman–Crippen MR) is 80.2 cm³/mol. The van der Waals surface area contributed by atoms with Crippen molar-refractivity contribution in [1.82, 2.24) is 4.90 Å². The van der Waals surface area contributed by atoms with Gasteiger partial charge in [0.2, 0.25) is 0 Å². The summed E-state index contributed by atoms with van der Waals surface area (Å²) in [4.78, 5) is 15.4. The van der Waals surface area contributed by atoms with Crippen LogP contribution >= 0.6 is 0 Å². The number of carbonyl (C=O) groups is 1. The number of rotatable bonds is 4. The van der Waals surface area contributed by atoms with E-state index in [1.165, 1.54) is 38.5 Å². The van der Waals surface area contributed by atoms with Gasteiger partial charge in [-0.3, -0.25) is 9.69 Å². The Labute approximate surface area is 118 Å². The second kappa shape index (κ2) is 6.39. The lowest BCUT2D eigenvalue weighted by Crippen LogP contribution is -2.54. The molecule has 2 unspecified atom stereocenters. The molecule has 1 saturated carbocycles. The zero-order valence-electron chi connectivity index (χ0n) is 13.1. The van der Waals surface area contributed by atoms with Crippen LogP contribution in [0.5, 0.6) is 0 Å². The Balaban J connectivity index is 2.00. The van der Waals surface area contributed by atoms with Crippen LogP contribution in [0.2, 0.25) is 0 Å². The lowest BCUT2D eigenvalue weighted by Gasteiger charge is -2.42. The normalized spacial score (nSPS) is 30.3. The average Bonchev–Trinajstić information content (AvgIpc) is 2.47. The number of hydrogen-bond donors (Lipinski definition) is 0. The maximum atomic E-state index is 12.9. The molecule has 0 amide bonds. The Kier molecular flexibility index (Phi) is 5.05. The number of hydrogen-bond acceptors (Lipinski definition) is 2. The van der Waals surface area contributed by atoms with Crippen molar-refractivity contribution in [2.75, 3.05) is 13.1 Å². The summed E-state index contributed by atoms with van der Waals surface area (Å²) in [7, 11) is 0. The quantitative estimate of drug-likeness (QED) is 0.764. The molecular weight excluding hydrogens is 234 g/mol. The van der Waals surface area contributed by atoms with Crippen molar-refractivity contribution in [2.45, 2.75) is 77.7 Å². The molecule has 2 fully saturated rings. The number of piperidine rings is 1. The second-order valence-electron chi connectivity index (χ2n) is 7.11. The minimum absolute atomic E-state index is 0.235. The van der Waals surface area contributed by atoms with Crippen LogP contribution in [0.4, 0.5) is 0 Å². The van der Waals surface area contributed by atoms with Gasteiger partial charge in [0.05, 0.1) is 5.54 Å². The molecule has 2 rings (SSSR count). The first kappa shape index (κ1) is 15.0. The van der Waals surface area contributed by atoms with Crippen LogP contribution in [0.15, 0.2) is 0 Å². The van der Waals surface area contributed by atoms with E-state index in [4.69, 9.17) is 0 Å². The lowest BCUT2D eigenvalue weighted by atomic mass is 9.74. The van der Waals surface area contributed by atoms with Crippen molar-refractivity contribution in [1.29, 1.82) is 0 Å². The molecule has 2 heteroatoms. The van der Waals surface area contributed by atoms with Crippen molar-refractivity contribution in [3.05, 3.63) is 0 Å².